The maximum absolute atomic E-state index is 13.3. The van der Waals surface area contributed by atoms with E-state index in [2.05, 4.69) is 0 Å². The number of ether oxygens (including phenoxy) is 1. The number of hydrogen-bond acceptors (Lipinski definition) is 3. The molecule has 0 saturated carbocycles. The summed E-state index contributed by atoms with van der Waals surface area (Å²) in [5, 5.41) is 0. The van der Waals surface area contributed by atoms with Gasteiger partial charge >= 0.3 is 0 Å². The van der Waals surface area contributed by atoms with Crippen LogP contribution in [0.2, 0.25) is 0 Å². The molecule has 0 fully saturated rings. The van der Waals surface area contributed by atoms with Crippen LogP contribution in [-0.4, -0.2) is 19.4 Å². The molecule has 102 valence electrons. The number of anilines is 2. The second kappa shape index (κ2) is 5.33. The number of halogens is 1. The molecule has 2 aromatic rings. The number of nitrogens with zero attached hydrogens (tertiary/aromatic N) is 1. The normalized spacial score (nSPS) is 14.2. The molecule has 3 nitrogen and oxygen atoms in total. The van der Waals surface area contributed by atoms with E-state index in [9.17, 15) is 9.18 Å². The summed E-state index contributed by atoms with van der Waals surface area (Å²) in [5.74, 6) is 0.376. The molecule has 0 aromatic heterocycles. The van der Waals surface area contributed by atoms with Crippen LogP contribution < -0.4 is 9.64 Å². The van der Waals surface area contributed by atoms with Crippen LogP contribution in [0.5, 0.6) is 5.75 Å². The molecule has 0 radical (unpaired) electrons. The first-order valence-corrected chi connectivity index (χ1v) is 6.53. The van der Waals surface area contributed by atoms with E-state index in [1.165, 1.54) is 12.1 Å². The quantitative estimate of drug-likeness (QED) is 0.782. The molecule has 1 heterocycles. The van der Waals surface area contributed by atoms with E-state index in [1.54, 1.807) is 6.07 Å². The Bertz CT molecular complexity index is 642. The number of benzene rings is 2. The van der Waals surface area contributed by atoms with Crippen molar-refractivity contribution in [2.45, 2.75) is 6.42 Å². The summed E-state index contributed by atoms with van der Waals surface area (Å²) in [4.78, 5) is 13.2. The van der Waals surface area contributed by atoms with E-state index in [-0.39, 0.29) is 0 Å². The second-order valence-electron chi connectivity index (χ2n) is 4.64. The minimum Gasteiger partial charge on any atom is -0.491 e. The van der Waals surface area contributed by atoms with Crippen molar-refractivity contribution in [1.29, 1.82) is 0 Å². The summed E-state index contributed by atoms with van der Waals surface area (Å²) in [6.07, 6.45) is 1.52. The zero-order valence-corrected chi connectivity index (χ0v) is 10.9. The van der Waals surface area contributed by atoms with Gasteiger partial charge in [0.25, 0.3) is 0 Å². The van der Waals surface area contributed by atoms with Gasteiger partial charge in [-0.3, -0.25) is 4.79 Å². The van der Waals surface area contributed by atoms with Crippen LogP contribution >= 0.6 is 0 Å². The lowest BCUT2D eigenvalue weighted by Crippen LogP contribution is -2.19. The Labute approximate surface area is 116 Å². The van der Waals surface area contributed by atoms with E-state index in [1.807, 2.05) is 29.2 Å². The Balaban J connectivity index is 2.12. The standard InChI is InChI=1S/C16H14FNO2/c17-13-6-7-14(12(10-13)11-19)18-8-3-9-20-16-5-2-1-4-15(16)18/h1-2,4-7,10-11H,3,8-9H2. The van der Waals surface area contributed by atoms with Gasteiger partial charge in [0.2, 0.25) is 0 Å². The predicted molar refractivity (Wildman–Crippen MR) is 75.3 cm³/mol. The Morgan fingerprint density at radius 1 is 1.15 bits per heavy atom. The molecular weight excluding hydrogens is 257 g/mol. The van der Waals surface area contributed by atoms with E-state index in [0.717, 1.165) is 24.4 Å². The van der Waals surface area contributed by atoms with Gasteiger partial charge in [0.15, 0.2) is 6.29 Å². The Morgan fingerprint density at radius 3 is 2.85 bits per heavy atom. The second-order valence-corrected chi connectivity index (χ2v) is 4.64. The Morgan fingerprint density at radius 2 is 2.00 bits per heavy atom. The average Bonchev–Trinajstić information content (AvgIpc) is 2.69. The lowest BCUT2D eigenvalue weighted by Gasteiger charge is -2.25. The zero-order chi connectivity index (χ0) is 13.9. The highest BCUT2D eigenvalue weighted by Gasteiger charge is 2.19. The molecule has 20 heavy (non-hydrogen) atoms. The first-order valence-electron chi connectivity index (χ1n) is 6.53. The molecule has 0 spiro atoms. The van der Waals surface area contributed by atoms with E-state index >= 15 is 0 Å². The molecule has 1 aliphatic rings. The van der Waals surface area contributed by atoms with Crippen molar-refractivity contribution in [2.24, 2.45) is 0 Å². The van der Waals surface area contributed by atoms with Crippen LogP contribution in [0, 0.1) is 5.82 Å². The van der Waals surface area contributed by atoms with Gasteiger partial charge in [-0.25, -0.2) is 4.39 Å². The van der Waals surface area contributed by atoms with E-state index in [0.29, 0.717) is 24.1 Å². The molecular formula is C16H14FNO2. The minimum atomic E-state index is -0.407. The highest BCUT2D eigenvalue weighted by Crippen LogP contribution is 2.37. The maximum atomic E-state index is 13.3. The van der Waals surface area contributed by atoms with Crippen molar-refractivity contribution in [3.63, 3.8) is 0 Å². The Kier molecular flexibility index (Phi) is 3.37. The molecule has 0 bridgehead atoms. The number of aldehydes is 1. The van der Waals surface area contributed by atoms with Crippen molar-refractivity contribution in [3.05, 3.63) is 53.8 Å². The Hall–Kier alpha value is -2.36. The van der Waals surface area contributed by atoms with Gasteiger partial charge in [0.05, 0.1) is 18.0 Å². The fourth-order valence-electron chi connectivity index (χ4n) is 2.44. The summed E-state index contributed by atoms with van der Waals surface area (Å²) in [7, 11) is 0. The van der Waals surface area contributed by atoms with Gasteiger partial charge in [0, 0.05) is 12.1 Å². The van der Waals surface area contributed by atoms with E-state index in [4.69, 9.17) is 4.74 Å². The molecule has 0 unspecified atom stereocenters. The number of carbonyl (C=O) groups excluding carboxylic acids is 1. The summed E-state index contributed by atoms with van der Waals surface area (Å²) >= 11 is 0. The van der Waals surface area contributed by atoms with Crippen LogP contribution in [0.25, 0.3) is 0 Å². The third-order valence-electron chi connectivity index (χ3n) is 3.35. The van der Waals surface area contributed by atoms with Gasteiger partial charge in [-0.1, -0.05) is 12.1 Å². The number of carbonyl (C=O) groups is 1. The van der Waals surface area contributed by atoms with Crippen LogP contribution in [-0.2, 0) is 0 Å². The van der Waals surface area contributed by atoms with Gasteiger partial charge in [0.1, 0.15) is 11.6 Å². The maximum Gasteiger partial charge on any atom is 0.152 e. The van der Waals surface area contributed by atoms with Crippen LogP contribution in [0.1, 0.15) is 16.8 Å². The van der Waals surface area contributed by atoms with Gasteiger partial charge in [-0.2, -0.15) is 0 Å². The molecule has 4 heteroatoms. The summed E-state index contributed by atoms with van der Waals surface area (Å²) in [6.45, 7) is 1.36. The molecule has 3 rings (SSSR count). The molecule has 2 aromatic carbocycles. The highest BCUT2D eigenvalue weighted by atomic mass is 19.1. The average molecular weight is 271 g/mol. The fraction of sp³-hybridized carbons (Fsp3) is 0.188. The fourth-order valence-corrected chi connectivity index (χ4v) is 2.44. The number of rotatable bonds is 2. The van der Waals surface area contributed by atoms with Crippen molar-refractivity contribution >= 4 is 17.7 Å². The zero-order valence-electron chi connectivity index (χ0n) is 10.9. The first kappa shape index (κ1) is 12.7. The molecule has 1 aliphatic heterocycles. The molecule has 0 N–H and O–H groups in total. The van der Waals surface area contributed by atoms with Gasteiger partial charge < -0.3 is 9.64 Å². The summed E-state index contributed by atoms with van der Waals surface area (Å²) in [5.41, 5.74) is 1.96. The number of hydrogen-bond donors (Lipinski definition) is 0. The number of fused-ring (bicyclic) bond motifs is 1. The monoisotopic (exact) mass is 271 g/mol. The number of para-hydroxylation sites is 2. The SMILES string of the molecule is O=Cc1cc(F)ccc1N1CCCOc2ccccc21. The van der Waals surface area contributed by atoms with Gasteiger partial charge in [-0.15, -0.1) is 0 Å². The van der Waals surface area contributed by atoms with E-state index < -0.39 is 5.82 Å². The molecule has 0 atom stereocenters. The topological polar surface area (TPSA) is 29.5 Å². The van der Waals surface area contributed by atoms with Crippen molar-refractivity contribution in [1.82, 2.24) is 0 Å². The summed E-state index contributed by atoms with van der Waals surface area (Å²) < 4.78 is 19.0. The van der Waals surface area contributed by atoms with Crippen molar-refractivity contribution < 1.29 is 13.9 Å². The van der Waals surface area contributed by atoms with Crippen LogP contribution in [0.3, 0.4) is 0 Å². The lowest BCUT2D eigenvalue weighted by molar-refractivity contribution is 0.112. The molecule has 0 saturated heterocycles. The first-order chi connectivity index (χ1) is 9.79. The third-order valence-corrected chi connectivity index (χ3v) is 3.35. The molecule has 0 amide bonds. The molecule has 0 aliphatic carbocycles. The minimum absolute atomic E-state index is 0.349. The highest BCUT2D eigenvalue weighted by molar-refractivity contribution is 5.87. The van der Waals surface area contributed by atoms with Crippen LogP contribution in [0.15, 0.2) is 42.5 Å². The van der Waals surface area contributed by atoms with Crippen LogP contribution in [0.4, 0.5) is 15.8 Å². The smallest absolute Gasteiger partial charge is 0.152 e. The van der Waals surface area contributed by atoms with Gasteiger partial charge in [-0.05, 0) is 36.8 Å². The third kappa shape index (κ3) is 2.25. The lowest BCUT2D eigenvalue weighted by atomic mass is 10.1. The largest absolute Gasteiger partial charge is 0.491 e. The van der Waals surface area contributed by atoms with Crippen molar-refractivity contribution in [3.8, 4) is 5.75 Å². The predicted octanol–water partition coefficient (Wildman–Crippen LogP) is 3.56. The summed E-state index contributed by atoms with van der Waals surface area (Å²) in [6, 6.07) is 11.9. The van der Waals surface area contributed by atoms with Crippen molar-refractivity contribution in [2.75, 3.05) is 18.1 Å².